The van der Waals surface area contributed by atoms with Crippen molar-refractivity contribution in [1.82, 2.24) is 0 Å². The predicted octanol–water partition coefficient (Wildman–Crippen LogP) is 3.02. The Kier molecular flexibility index (Phi) is 4.17. The lowest BCUT2D eigenvalue weighted by molar-refractivity contribution is 0.171. The zero-order valence-corrected chi connectivity index (χ0v) is 13.9. The minimum Gasteiger partial charge on any atom is -0.486 e. The number of hydrogen-bond acceptors (Lipinski definition) is 4. The van der Waals surface area contributed by atoms with Crippen molar-refractivity contribution in [2.24, 2.45) is 0 Å². The van der Waals surface area contributed by atoms with Gasteiger partial charge in [0.2, 0.25) is 10.0 Å². The van der Waals surface area contributed by atoms with E-state index in [-0.39, 0.29) is 5.75 Å². The van der Waals surface area contributed by atoms with E-state index in [1.807, 2.05) is 38.1 Å². The molecular weight excluding hydrogens is 314 g/mol. The molecule has 0 saturated heterocycles. The van der Waals surface area contributed by atoms with Gasteiger partial charge in [-0.15, -0.1) is 0 Å². The van der Waals surface area contributed by atoms with Gasteiger partial charge in [-0.1, -0.05) is 29.8 Å². The van der Waals surface area contributed by atoms with E-state index in [4.69, 9.17) is 9.47 Å². The first-order valence-corrected chi connectivity index (χ1v) is 9.04. The Balaban J connectivity index is 1.81. The van der Waals surface area contributed by atoms with Crippen LogP contribution in [-0.2, 0) is 15.8 Å². The van der Waals surface area contributed by atoms with Crippen molar-refractivity contribution in [2.75, 3.05) is 17.9 Å². The molecule has 0 bridgehead atoms. The number of benzene rings is 2. The first-order chi connectivity index (χ1) is 10.9. The maximum absolute atomic E-state index is 12.4. The molecule has 1 aliphatic rings. The van der Waals surface area contributed by atoms with Crippen LogP contribution in [0.1, 0.15) is 16.7 Å². The Morgan fingerprint density at radius 1 is 1.00 bits per heavy atom. The highest BCUT2D eigenvalue weighted by molar-refractivity contribution is 7.91. The van der Waals surface area contributed by atoms with E-state index < -0.39 is 10.0 Å². The van der Waals surface area contributed by atoms with Crippen LogP contribution in [0.2, 0.25) is 0 Å². The number of anilines is 1. The average molecular weight is 333 g/mol. The SMILES string of the molecule is Cc1ccc(CS(=O)(=O)Nc2cc3c(cc2C)OCCO3)cc1. The lowest BCUT2D eigenvalue weighted by Crippen LogP contribution is -2.18. The molecule has 0 fully saturated rings. The zero-order valence-electron chi connectivity index (χ0n) is 13.1. The minimum absolute atomic E-state index is 0.0683. The summed E-state index contributed by atoms with van der Waals surface area (Å²) in [6.07, 6.45) is 0. The van der Waals surface area contributed by atoms with Crippen molar-refractivity contribution >= 4 is 15.7 Å². The van der Waals surface area contributed by atoms with Crippen molar-refractivity contribution in [1.29, 1.82) is 0 Å². The quantitative estimate of drug-likeness (QED) is 0.934. The van der Waals surface area contributed by atoms with Crippen LogP contribution in [0.4, 0.5) is 5.69 Å². The van der Waals surface area contributed by atoms with Gasteiger partial charge in [-0.25, -0.2) is 8.42 Å². The summed E-state index contributed by atoms with van der Waals surface area (Å²) in [5, 5.41) is 0. The van der Waals surface area contributed by atoms with Gasteiger partial charge in [0.1, 0.15) is 13.2 Å². The molecule has 0 unspecified atom stereocenters. The second kappa shape index (κ2) is 6.12. The fraction of sp³-hybridized carbons (Fsp3) is 0.294. The number of nitrogens with one attached hydrogen (secondary N) is 1. The fourth-order valence-electron chi connectivity index (χ4n) is 2.41. The molecular formula is C17H19NO4S. The summed E-state index contributed by atoms with van der Waals surface area (Å²) < 4.78 is 38.4. The van der Waals surface area contributed by atoms with Gasteiger partial charge in [0.25, 0.3) is 0 Å². The zero-order chi connectivity index (χ0) is 16.4. The van der Waals surface area contributed by atoms with E-state index in [1.165, 1.54) is 0 Å². The molecule has 23 heavy (non-hydrogen) atoms. The first kappa shape index (κ1) is 15.7. The molecule has 1 heterocycles. The summed E-state index contributed by atoms with van der Waals surface area (Å²) in [7, 11) is -3.50. The molecule has 122 valence electrons. The van der Waals surface area contributed by atoms with Crippen LogP contribution < -0.4 is 14.2 Å². The highest BCUT2D eigenvalue weighted by atomic mass is 32.2. The van der Waals surface area contributed by atoms with Crippen molar-refractivity contribution in [3.8, 4) is 11.5 Å². The van der Waals surface area contributed by atoms with Crippen molar-refractivity contribution in [3.63, 3.8) is 0 Å². The topological polar surface area (TPSA) is 64.6 Å². The Bertz CT molecular complexity index is 813. The van der Waals surface area contributed by atoms with Crippen molar-refractivity contribution in [3.05, 3.63) is 53.1 Å². The van der Waals surface area contributed by atoms with Gasteiger partial charge in [0.15, 0.2) is 11.5 Å². The summed E-state index contributed by atoms with van der Waals surface area (Å²) in [5.74, 6) is 1.14. The van der Waals surface area contributed by atoms with Gasteiger partial charge >= 0.3 is 0 Å². The third-order valence-corrected chi connectivity index (χ3v) is 4.88. The fourth-order valence-corrected chi connectivity index (χ4v) is 3.67. The largest absolute Gasteiger partial charge is 0.486 e. The molecule has 6 heteroatoms. The molecule has 5 nitrogen and oxygen atoms in total. The first-order valence-electron chi connectivity index (χ1n) is 7.39. The highest BCUT2D eigenvalue weighted by Gasteiger charge is 2.18. The minimum atomic E-state index is -3.50. The van der Waals surface area contributed by atoms with E-state index in [1.54, 1.807) is 12.1 Å². The van der Waals surface area contributed by atoms with Crippen LogP contribution >= 0.6 is 0 Å². The van der Waals surface area contributed by atoms with E-state index in [9.17, 15) is 8.42 Å². The van der Waals surface area contributed by atoms with Crippen LogP contribution in [-0.4, -0.2) is 21.6 Å². The standard InChI is InChI=1S/C17H19NO4S/c1-12-3-5-14(6-4-12)11-23(19,20)18-15-10-17-16(9-13(15)2)21-7-8-22-17/h3-6,9-10,18H,7-8,11H2,1-2H3. The summed E-state index contributed by atoms with van der Waals surface area (Å²) in [5.41, 5.74) is 3.16. The van der Waals surface area contributed by atoms with Gasteiger partial charge < -0.3 is 9.47 Å². The van der Waals surface area contributed by atoms with Gasteiger partial charge in [0.05, 0.1) is 11.4 Å². The number of fused-ring (bicyclic) bond motifs is 1. The molecule has 0 radical (unpaired) electrons. The van der Waals surface area contributed by atoms with E-state index in [2.05, 4.69) is 4.72 Å². The average Bonchev–Trinajstić information content (AvgIpc) is 2.50. The molecule has 3 rings (SSSR count). The van der Waals surface area contributed by atoms with E-state index in [0.717, 1.165) is 16.7 Å². The summed E-state index contributed by atoms with van der Waals surface area (Å²) in [6.45, 7) is 4.77. The van der Waals surface area contributed by atoms with Crippen LogP contribution in [0, 0.1) is 13.8 Å². The van der Waals surface area contributed by atoms with Crippen LogP contribution in [0.15, 0.2) is 36.4 Å². The molecule has 1 aliphatic heterocycles. The lowest BCUT2D eigenvalue weighted by Gasteiger charge is -2.20. The number of aryl methyl sites for hydroxylation is 2. The van der Waals surface area contributed by atoms with Crippen molar-refractivity contribution in [2.45, 2.75) is 19.6 Å². The Morgan fingerprint density at radius 3 is 2.26 bits per heavy atom. The van der Waals surface area contributed by atoms with E-state index >= 15 is 0 Å². The second-order valence-corrected chi connectivity index (χ2v) is 7.38. The Hall–Kier alpha value is -2.21. The molecule has 1 N–H and O–H groups in total. The second-order valence-electron chi connectivity index (χ2n) is 5.66. The Morgan fingerprint density at radius 2 is 1.61 bits per heavy atom. The molecule has 2 aromatic carbocycles. The molecule has 0 amide bonds. The maximum atomic E-state index is 12.4. The number of ether oxygens (including phenoxy) is 2. The third kappa shape index (κ3) is 3.76. The number of rotatable bonds is 4. The number of hydrogen-bond donors (Lipinski definition) is 1. The monoisotopic (exact) mass is 333 g/mol. The van der Waals surface area contributed by atoms with Crippen LogP contribution in [0.3, 0.4) is 0 Å². The maximum Gasteiger partial charge on any atom is 0.236 e. The van der Waals surface area contributed by atoms with Gasteiger partial charge in [-0.05, 0) is 31.0 Å². The highest BCUT2D eigenvalue weighted by Crippen LogP contribution is 2.35. The third-order valence-electron chi connectivity index (χ3n) is 3.63. The molecule has 0 spiro atoms. The predicted molar refractivity (Wildman–Crippen MR) is 89.6 cm³/mol. The molecule has 0 aliphatic carbocycles. The lowest BCUT2D eigenvalue weighted by atomic mass is 10.2. The molecule has 0 aromatic heterocycles. The van der Waals surface area contributed by atoms with Gasteiger partial charge in [0, 0.05) is 6.07 Å². The molecule has 0 saturated carbocycles. The summed E-state index contributed by atoms with van der Waals surface area (Å²) in [6, 6.07) is 10.9. The Labute approximate surface area is 136 Å². The van der Waals surface area contributed by atoms with Crippen molar-refractivity contribution < 1.29 is 17.9 Å². The van der Waals surface area contributed by atoms with Gasteiger partial charge in [-0.3, -0.25) is 4.72 Å². The normalized spacial score (nSPS) is 13.7. The van der Waals surface area contributed by atoms with Crippen LogP contribution in [0.25, 0.3) is 0 Å². The number of sulfonamides is 1. The molecule has 0 atom stereocenters. The van der Waals surface area contributed by atoms with E-state index in [0.29, 0.717) is 30.4 Å². The summed E-state index contributed by atoms with van der Waals surface area (Å²) in [4.78, 5) is 0. The van der Waals surface area contributed by atoms with Crippen LogP contribution in [0.5, 0.6) is 11.5 Å². The molecule has 2 aromatic rings. The summed E-state index contributed by atoms with van der Waals surface area (Å²) >= 11 is 0. The smallest absolute Gasteiger partial charge is 0.236 e. The van der Waals surface area contributed by atoms with Gasteiger partial charge in [-0.2, -0.15) is 0 Å².